The number of nitrogen functional groups attached to an aromatic ring is 1. The Hall–Kier alpha value is -2.07. The van der Waals surface area contributed by atoms with E-state index in [0.29, 0.717) is 22.9 Å². The van der Waals surface area contributed by atoms with Gasteiger partial charge in [0.05, 0.1) is 0 Å². The Morgan fingerprint density at radius 1 is 1.33 bits per heavy atom. The van der Waals surface area contributed by atoms with E-state index in [1.165, 1.54) is 0 Å². The van der Waals surface area contributed by atoms with E-state index in [4.69, 9.17) is 17.3 Å². The van der Waals surface area contributed by atoms with Crippen molar-refractivity contribution < 1.29 is 4.79 Å². The van der Waals surface area contributed by atoms with E-state index in [2.05, 4.69) is 17.2 Å². The Labute approximate surface area is 129 Å². The normalized spacial score (nSPS) is 10.4. The van der Waals surface area contributed by atoms with Crippen molar-refractivity contribution in [3.8, 4) is 0 Å². The number of pyridine rings is 1. The molecule has 0 aliphatic carbocycles. The van der Waals surface area contributed by atoms with Crippen molar-refractivity contribution in [3.63, 3.8) is 0 Å². The van der Waals surface area contributed by atoms with Gasteiger partial charge in [0.1, 0.15) is 5.82 Å². The smallest absolute Gasteiger partial charge is 0.251 e. The van der Waals surface area contributed by atoms with Crippen LogP contribution in [-0.4, -0.2) is 10.9 Å². The summed E-state index contributed by atoms with van der Waals surface area (Å²) in [5.74, 6) is 0.185. The lowest BCUT2D eigenvalue weighted by Gasteiger charge is -2.09. The molecule has 0 atom stereocenters. The molecule has 2 aromatic rings. The second-order valence-electron chi connectivity index (χ2n) is 4.80. The fraction of sp³-hybridized carbons (Fsp3) is 0.250. The quantitative estimate of drug-likeness (QED) is 0.891. The summed E-state index contributed by atoms with van der Waals surface area (Å²) < 4.78 is 0. The van der Waals surface area contributed by atoms with Gasteiger partial charge < -0.3 is 11.1 Å². The summed E-state index contributed by atoms with van der Waals surface area (Å²) in [6.07, 6.45) is 1.76. The second-order valence-corrected chi connectivity index (χ2v) is 5.20. The van der Waals surface area contributed by atoms with Crippen LogP contribution in [0.15, 0.2) is 36.4 Å². The maximum absolute atomic E-state index is 12.2. The number of halogens is 1. The van der Waals surface area contributed by atoms with E-state index >= 15 is 0 Å². The number of carbonyl (C=O) groups excluding carboxylic acids is 1. The van der Waals surface area contributed by atoms with Crippen molar-refractivity contribution in [1.82, 2.24) is 10.3 Å². The molecule has 0 bridgehead atoms. The van der Waals surface area contributed by atoms with Crippen molar-refractivity contribution in [2.45, 2.75) is 26.3 Å². The van der Waals surface area contributed by atoms with Crippen LogP contribution >= 0.6 is 11.6 Å². The van der Waals surface area contributed by atoms with Gasteiger partial charge in [0.15, 0.2) is 0 Å². The molecule has 110 valence electrons. The van der Waals surface area contributed by atoms with Gasteiger partial charge in [-0.25, -0.2) is 4.98 Å². The first-order chi connectivity index (χ1) is 10.1. The molecule has 1 heterocycles. The first-order valence-corrected chi connectivity index (χ1v) is 7.26. The van der Waals surface area contributed by atoms with Crippen LogP contribution in [0.4, 0.5) is 5.82 Å². The highest BCUT2D eigenvalue weighted by atomic mass is 35.5. The van der Waals surface area contributed by atoms with Crippen LogP contribution in [0.2, 0.25) is 5.02 Å². The first kappa shape index (κ1) is 15.3. The van der Waals surface area contributed by atoms with E-state index in [9.17, 15) is 4.79 Å². The van der Waals surface area contributed by atoms with Crippen LogP contribution in [0.25, 0.3) is 0 Å². The number of hydrogen-bond donors (Lipinski definition) is 2. The molecule has 2 rings (SSSR count). The fourth-order valence-corrected chi connectivity index (χ4v) is 2.25. The van der Waals surface area contributed by atoms with Gasteiger partial charge in [-0.1, -0.05) is 43.1 Å². The highest BCUT2D eigenvalue weighted by Crippen LogP contribution is 2.15. The molecular formula is C16H18ClN3O. The summed E-state index contributed by atoms with van der Waals surface area (Å²) in [5, 5.41) is 3.48. The molecule has 0 aliphatic heterocycles. The topological polar surface area (TPSA) is 68.0 Å². The van der Waals surface area contributed by atoms with Gasteiger partial charge in [-0.05, 0) is 30.2 Å². The molecule has 0 spiro atoms. The van der Waals surface area contributed by atoms with Crippen molar-refractivity contribution in [2.24, 2.45) is 0 Å². The third kappa shape index (κ3) is 4.20. The van der Waals surface area contributed by atoms with E-state index in [1.54, 1.807) is 18.2 Å². The summed E-state index contributed by atoms with van der Waals surface area (Å²) in [6, 6.07) is 10.8. The molecular weight excluding hydrogens is 286 g/mol. The predicted molar refractivity (Wildman–Crippen MR) is 85.3 cm³/mol. The minimum Gasteiger partial charge on any atom is -0.384 e. The molecule has 0 saturated carbocycles. The van der Waals surface area contributed by atoms with Crippen LogP contribution in [0.1, 0.15) is 35.0 Å². The summed E-state index contributed by atoms with van der Waals surface area (Å²) >= 11 is 6.06. The Morgan fingerprint density at radius 2 is 2.10 bits per heavy atom. The average Bonchev–Trinajstić information content (AvgIpc) is 2.46. The summed E-state index contributed by atoms with van der Waals surface area (Å²) in [4.78, 5) is 16.4. The van der Waals surface area contributed by atoms with E-state index < -0.39 is 0 Å². The standard InChI is InChI=1S/C16H18ClN3O/c1-2-5-13-8-12(9-15(18)20-13)16(21)19-10-11-6-3-4-7-14(11)17/h3-4,6-9H,2,5,10H2,1H3,(H2,18,20)(H,19,21). The molecule has 1 aromatic heterocycles. The molecule has 3 N–H and O–H groups in total. The Bertz CT molecular complexity index is 643. The molecule has 0 saturated heterocycles. The van der Waals surface area contributed by atoms with Crippen LogP contribution in [0.5, 0.6) is 0 Å². The molecule has 0 aliphatic rings. The molecule has 21 heavy (non-hydrogen) atoms. The van der Waals surface area contributed by atoms with Gasteiger partial charge in [-0.15, -0.1) is 0 Å². The maximum Gasteiger partial charge on any atom is 0.251 e. The van der Waals surface area contributed by atoms with Crippen LogP contribution in [0, 0.1) is 0 Å². The van der Waals surface area contributed by atoms with Gasteiger partial charge in [0.2, 0.25) is 0 Å². The number of aryl methyl sites for hydroxylation is 1. The van der Waals surface area contributed by atoms with E-state index in [0.717, 1.165) is 24.1 Å². The Morgan fingerprint density at radius 3 is 2.81 bits per heavy atom. The number of anilines is 1. The fourth-order valence-electron chi connectivity index (χ4n) is 2.05. The van der Waals surface area contributed by atoms with E-state index in [1.807, 2.05) is 18.2 Å². The van der Waals surface area contributed by atoms with Gasteiger partial charge >= 0.3 is 0 Å². The van der Waals surface area contributed by atoms with Crippen molar-refractivity contribution in [1.29, 1.82) is 0 Å². The van der Waals surface area contributed by atoms with Crippen molar-refractivity contribution >= 4 is 23.3 Å². The van der Waals surface area contributed by atoms with Gasteiger partial charge in [0, 0.05) is 22.8 Å². The molecule has 1 amide bonds. The summed E-state index contributed by atoms with van der Waals surface area (Å²) in [6.45, 7) is 2.44. The number of amides is 1. The van der Waals surface area contributed by atoms with Crippen LogP contribution in [0.3, 0.4) is 0 Å². The third-order valence-corrected chi connectivity index (χ3v) is 3.43. The SMILES string of the molecule is CCCc1cc(C(=O)NCc2ccccc2Cl)cc(N)n1. The lowest BCUT2D eigenvalue weighted by molar-refractivity contribution is 0.0950. The van der Waals surface area contributed by atoms with Crippen molar-refractivity contribution in [2.75, 3.05) is 5.73 Å². The lowest BCUT2D eigenvalue weighted by Crippen LogP contribution is -2.23. The lowest BCUT2D eigenvalue weighted by atomic mass is 10.1. The van der Waals surface area contributed by atoms with Gasteiger partial charge in [0.25, 0.3) is 5.91 Å². The molecule has 0 radical (unpaired) electrons. The summed E-state index contributed by atoms with van der Waals surface area (Å²) in [5.41, 5.74) is 7.98. The second kappa shape index (κ2) is 7.09. The van der Waals surface area contributed by atoms with Crippen LogP contribution in [-0.2, 0) is 13.0 Å². The third-order valence-electron chi connectivity index (χ3n) is 3.06. The largest absolute Gasteiger partial charge is 0.384 e. The number of hydrogen-bond acceptors (Lipinski definition) is 3. The number of nitrogens with zero attached hydrogens (tertiary/aromatic N) is 1. The zero-order chi connectivity index (χ0) is 15.2. The molecule has 0 unspecified atom stereocenters. The van der Waals surface area contributed by atoms with Gasteiger partial charge in [-0.3, -0.25) is 4.79 Å². The van der Waals surface area contributed by atoms with Crippen LogP contribution < -0.4 is 11.1 Å². The molecule has 1 aromatic carbocycles. The highest BCUT2D eigenvalue weighted by molar-refractivity contribution is 6.31. The minimum absolute atomic E-state index is 0.179. The zero-order valence-electron chi connectivity index (χ0n) is 11.9. The number of rotatable bonds is 5. The first-order valence-electron chi connectivity index (χ1n) is 6.88. The minimum atomic E-state index is -0.179. The molecule has 4 nitrogen and oxygen atoms in total. The Kier molecular flexibility index (Phi) is 5.17. The monoisotopic (exact) mass is 303 g/mol. The zero-order valence-corrected chi connectivity index (χ0v) is 12.7. The number of carbonyl (C=O) groups is 1. The number of benzene rings is 1. The highest BCUT2D eigenvalue weighted by Gasteiger charge is 2.09. The summed E-state index contributed by atoms with van der Waals surface area (Å²) in [7, 11) is 0. The number of aromatic nitrogens is 1. The molecule has 5 heteroatoms. The average molecular weight is 304 g/mol. The number of nitrogens with two attached hydrogens (primary N) is 1. The van der Waals surface area contributed by atoms with E-state index in [-0.39, 0.29) is 5.91 Å². The predicted octanol–water partition coefficient (Wildman–Crippen LogP) is 3.20. The van der Waals surface area contributed by atoms with Crippen molar-refractivity contribution in [3.05, 3.63) is 58.2 Å². The number of nitrogens with one attached hydrogen (secondary N) is 1. The maximum atomic E-state index is 12.2. The molecule has 0 fully saturated rings. The Balaban J connectivity index is 2.08. The van der Waals surface area contributed by atoms with Gasteiger partial charge in [-0.2, -0.15) is 0 Å².